The van der Waals surface area contributed by atoms with E-state index >= 15 is 0 Å². The van der Waals surface area contributed by atoms with Crippen molar-refractivity contribution in [3.05, 3.63) is 94.1 Å². The molecule has 0 saturated heterocycles. The molecule has 2 aromatic carbocycles. The van der Waals surface area contributed by atoms with Gasteiger partial charge < -0.3 is 0 Å². The summed E-state index contributed by atoms with van der Waals surface area (Å²) in [5.41, 5.74) is 3.63. The number of aromatic nitrogens is 2. The zero-order chi connectivity index (χ0) is 22.2. The summed E-state index contributed by atoms with van der Waals surface area (Å²) in [4.78, 5) is 21.9. The zero-order valence-electron chi connectivity index (χ0n) is 16.9. The number of halogens is 3. The molecule has 1 aliphatic carbocycles. The lowest BCUT2D eigenvalue weighted by Crippen LogP contribution is -2.07. The average Bonchev–Trinajstić information content (AvgIpc) is 3.13. The lowest BCUT2D eigenvalue weighted by Gasteiger charge is -2.09. The molecule has 0 spiro atoms. The third-order valence-electron chi connectivity index (χ3n) is 5.62. The lowest BCUT2D eigenvalue weighted by molar-refractivity contribution is 0.0990. The molecule has 4 aromatic rings. The van der Waals surface area contributed by atoms with Gasteiger partial charge in [-0.05, 0) is 66.3 Å². The van der Waals surface area contributed by atoms with E-state index in [1.165, 1.54) is 23.6 Å². The summed E-state index contributed by atoms with van der Waals surface area (Å²) in [6, 6.07) is 12.6. The van der Waals surface area contributed by atoms with Crippen LogP contribution in [0.4, 0.5) is 13.2 Å². The summed E-state index contributed by atoms with van der Waals surface area (Å²) in [6.45, 7) is 0. The molecule has 1 aliphatic rings. The number of benzene rings is 2. The third-order valence-corrected chi connectivity index (χ3v) is 6.79. The maximum Gasteiger partial charge on any atom is 0.220 e. The maximum atomic E-state index is 14.2. The summed E-state index contributed by atoms with van der Waals surface area (Å²) in [7, 11) is 0. The number of carbonyl (C=O) groups excluding carboxylic acids is 1. The Kier molecular flexibility index (Phi) is 5.35. The van der Waals surface area contributed by atoms with Crippen LogP contribution in [-0.2, 0) is 19.3 Å². The minimum atomic E-state index is -0.745. The Morgan fingerprint density at radius 1 is 0.969 bits per heavy atom. The van der Waals surface area contributed by atoms with Crippen LogP contribution in [-0.4, -0.2) is 15.8 Å². The number of thiazole rings is 1. The first kappa shape index (κ1) is 20.6. The Hall–Kier alpha value is -3.32. The molecule has 0 atom stereocenters. The normalized spacial score (nSPS) is 12.7. The second-order valence-corrected chi connectivity index (χ2v) is 8.66. The fraction of sp³-hybridized carbons (Fsp3) is 0.160. The molecule has 0 amide bonds. The van der Waals surface area contributed by atoms with E-state index in [9.17, 15) is 18.0 Å². The minimum absolute atomic E-state index is 0.225. The zero-order valence-corrected chi connectivity index (χ0v) is 17.7. The van der Waals surface area contributed by atoms with Crippen molar-refractivity contribution in [1.82, 2.24) is 9.97 Å². The second-order valence-electron chi connectivity index (χ2n) is 7.66. The largest absolute Gasteiger partial charge is 0.291 e. The van der Waals surface area contributed by atoms with Crippen molar-refractivity contribution in [1.29, 1.82) is 0 Å². The number of rotatable bonds is 4. The molecule has 0 N–H and O–H groups in total. The van der Waals surface area contributed by atoms with Crippen LogP contribution in [0, 0.1) is 17.6 Å². The van der Waals surface area contributed by atoms with Crippen molar-refractivity contribution in [2.24, 2.45) is 0 Å². The van der Waals surface area contributed by atoms with Gasteiger partial charge >= 0.3 is 0 Å². The molecule has 0 unspecified atom stereocenters. The van der Waals surface area contributed by atoms with Gasteiger partial charge in [-0.1, -0.05) is 18.2 Å². The highest BCUT2D eigenvalue weighted by Gasteiger charge is 2.24. The van der Waals surface area contributed by atoms with E-state index in [0.29, 0.717) is 17.5 Å². The van der Waals surface area contributed by atoms with Crippen molar-refractivity contribution < 1.29 is 18.0 Å². The number of Topliss-reactive ketones (excluding diaryl/α,β-unsaturated/α-hetero) is 1. The number of hydrogen-bond donors (Lipinski definition) is 0. The van der Waals surface area contributed by atoms with Gasteiger partial charge in [0.25, 0.3) is 0 Å². The van der Waals surface area contributed by atoms with Crippen LogP contribution in [0.1, 0.15) is 33.0 Å². The van der Waals surface area contributed by atoms with Crippen molar-refractivity contribution in [2.45, 2.75) is 25.7 Å². The standard InChI is InChI=1S/C25H17F3N2OS/c26-19-6-2-7-20(27)18(19)13-22(31)25-30-21-8-1-4-14-9-10-15(12-17(14)23(21)32-25)16-5-3-11-29-24(16)28/h2-3,5-7,9-12H,1,4,8,13H2. The van der Waals surface area contributed by atoms with Crippen molar-refractivity contribution in [3.8, 4) is 21.6 Å². The Balaban J connectivity index is 1.54. The number of carbonyl (C=O) groups is 1. The van der Waals surface area contributed by atoms with Crippen LogP contribution in [0.5, 0.6) is 0 Å². The molecule has 5 rings (SSSR count). The number of aryl methyl sites for hydroxylation is 2. The number of fused-ring (bicyclic) bond motifs is 3. The van der Waals surface area contributed by atoms with Gasteiger partial charge in [0.1, 0.15) is 11.6 Å². The molecule has 0 aliphatic heterocycles. The Morgan fingerprint density at radius 2 is 1.78 bits per heavy atom. The first-order valence-electron chi connectivity index (χ1n) is 10.2. The second kappa shape index (κ2) is 8.31. The van der Waals surface area contributed by atoms with Gasteiger partial charge in [-0.2, -0.15) is 4.39 Å². The van der Waals surface area contributed by atoms with E-state index in [4.69, 9.17) is 0 Å². The van der Waals surface area contributed by atoms with E-state index in [1.54, 1.807) is 12.1 Å². The van der Waals surface area contributed by atoms with Crippen LogP contribution in [0.2, 0.25) is 0 Å². The smallest absolute Gasteiger partial charge is 0.220 e. The van der Waals surface area contributed by atoms with Gasteiger partial charge in [0.2, 0.25) is 5.95 Å². The molecule has 2 heterocycles. The molecule has 0 saturated carbocycles. The molecule has 3 nitrogen and oxygen atoms in total. The predicted molar refractivity (Wildman–Crippen MR) is 117 cm³/mol. The molecule has 160 valence electrons. The number of ketones is 1. The van der Waals surface area contributed by atoms with Gasteiger partial charge in [0.15, 0.2) is 10.8 Å². The molecule has 32 heavy (non-hydrogen) atoms. The Morgan fingerprint density at radius 3 is 2.56 bits per heavy atom. The van der Waals surface area contributed by atoms with E-state index in [0.717, 1.165) is 46.7 Å². The number of nitrogens with zero attached hydrogens (tertiary/aromatic N) is 2. The molecular weight excluding hydrogens is 433 g/mol. The van der Waals surface area contributed by atoms with Crippen molar-refractivity contribution in [2.75, 3.05) is 0 Å². The molecule has 2 aromatic heterocycles. The van der Waals surface area contributed by atoms with Gasteiger partial charge in [-0.3, -0.25) is 4.79 Å². The van der Waals surface area contributed by atoms with Gasteiger partial charge in [0, 0.05) is 23.7 Å². The van der Waals surface area contributed by atoms with Crippen LogP contribution in [0.3, 0.4) is 0 Å². The van der Waals surface area contributed by atoms with Crippen LogP contribution in [0.25, 0.3) is 21.6 Å². The molecule has 0 fully saturated rings. The summed E-state index contributed by atoms with van der Waals surface area (Å²) in [5.74, 6) is -2.47. The van der Waals surface area contributed by atoms with Crippen molar-refractivity contribution in [3.63, 3.8) is 0 Å². The molecular formula is C25H17F3N2OS. The quantitative estimate of drug-likeness (QED) is 0.275. The molecule has 0 radical (unpaired) electrons. The van der Waals surface area contributed by atoms with E-state index < -0.39 is 29.8 Å². The summed E-state index contributed by atoms with van der Waals surface area (Å²) < 4.78 is 42.2. The topological polar surface area (TPSA) is 42.9 Å². The SMILES string of the molecule is O=C(Cc1c(F)cccc1F)c1nc2c(s1)-c1cc(-c3cccnc3F)ccc1CCC2. The monoisotopic (exact) mass is 450 g/mol. The highest BCUT2D eigenvalue weighted by molar-refractivity contribution is 7.17. The first-order chi connectivity index (χ1) is 15.5. The molecule has 0 bridgehead atoms. The highest BCUT2D eigenvalue weighted by Crippen LogP contribution is 2.39. The Labute approximate surface area is 186 Å². The number of hydrogen-bond acceptors (Lipinski definition) is 4. The third kappa shape index (κ3) is 3.73. The van der Waals surface area contributed by atoms with E-state index in [2.05, 4.69) is 9.97 Å². The van der Waals surface area contributed by atoms with Gasteiger partial charge in [-0.15, -0.1) is 11.3 Å². The Bertz CT molecular complexity index is 1330. The summed E-state index contributed by atoms with van der Waals surface area (Å²) >= 11 is 1.22. The van der Waals surface area contributed by atoms with Crippen molar-refractivity contribution >= 4 is 17.1 Å². The van der Waals surface area contributed by atoms with E-state index in [1.807, 2.05) is 18.2 Å². The lowest BCUT2D eigenvalue weighted by atomic mass is 9.98. The summed E-state index contributed by atoms with van der Waals surface area (Å²) in [5, 5.41) is 0.225. The highest BCUT2D eigenvalue weighted by atomic mass is 32.1. The summed E-state index contributed by atoms with van der Waals surface area (Å²) in [6.07, 6.45) is 3.41. The first-order valence-corrected chi connectivity index (χ1v) is 11.0. The maximum absolute atomic E-state index is 14.2. The minimum Gasteiger partial charge on any atom is -0.291 e. The fourth-order valence-electron chi connectivity index (χ4n) is 4.01. The van der Waals surface area contributed by atoms with Gasteiger partial charge in [-0.25, -0.2) is 18.7 Å². The van der Waals surface area contributed by atoms with E-state index in [-0.39, 0.29) is 10.6 Å². The van der Waals surface area contributed by atoms with Crippen LogP contribution >= 0.6 is 11.3 Å². The average molecular weight is 450 g/mol. The predicted octanol–water partition coefficient (Wildman–Crippen LogP) is 6.20. The molecule has 7 heteroatoms. The number of pyridine rings is 1. The van der Waals surface area contributed by atoms with Gasteiger partial charge in [0.05, 0.1) is 10.6 Å². The van der Waals surface area contributed by atoms with Crippen LogP contribution in [0.15, 0.2) is 54.7 Å². The fourth-order valence-corrected chi connectivity index (χ4v) is 5.11. The van der Waals surface area contributed by atoms with Crippen LogP contribution < -0.4 is 0 Å².